The molecule has 2 heterocycles. The Morgan fingerprint density at radius 2 is 2.20 bits per heavy atom. The van der Waals surface area contributed by atoms with Gasteiger partial charge in [-0.15, -0.1) is 11.8 Å². The van der Waals surface area contributed by atoms with Crippen LogP contribution in [0.15, 0.2) is 12.3 Å². The van der Waals surface area contributed by atoms with Crippen molar-refractivity contribution in [1.82, 2.24) is 14.7 Å². The first-order chi connectivity index (χ1) is 9.29. The van der Waals surface area contributed by atoms with E-state index in [1.54, 1.807) is 0 Å². The minimum Gasteiger partial charge on any atom is -0.480 e. The third-order valence-corrected chi connectivity index (χ3v) is 3.73. The van der Waals surface area contributed by atoms with E-state index >= 15 is 0 Å². The summed E-state index contributed by atoms with van der Waals surface area (Å²) in [6.45, 7) is -0.416. The number of amides is 1. The quantitative estimate of drug-likeness (QED) is 0.897. The molecule has 0 aliphatic carbocycles. The molecule has 1 fully saturated rings. The molecule has 1 aromatic heterocycles. The van der Waals surface area contributed by atoms with Gasteiger partial charge in [0.1, 0.15) is 12.6 Å². The summed E-state index contributed by atoms with van der Waals surface area (Å²) in [6, 6.07) is -0.175. The van der Waals surface area contributed by atoms with Gasteiger partial charge in [-0.2, -0.15) is 18.3 Å². The third-order valence-electron chi connectivity index (χ3n) is 2.72. The Hall–Kier alpha value is -1.71. The number of thioether (sulfide) groups is 1. The molecule has 20 heavy (non-hydrogen) atoms. The number of aromatic nitrogens is 2. The van der Waals surface area contributed by atoms with Crippen LogP contribution in [-0.4, -0.2) is 49.3 Å². The number of carboxylic acid groups (broad SMARTS) is 1. The maximum Gasteiger partial charge on any atom is 0.435 e. The smallest absolute Gasteiger partial charge is 0.435 e. The average Bonchev–Trinajstić information content (AvgIpc) is 2.95. The molecule has 1 saturated heterocycles. The van der Waals surface area contributed by atoms with Crippen LogP contribution in [0.3, 0.4) is 0 Å². The van der Waals surface area contributed by atoms with Crippen molar-refractivity contribution in [2.24, 2.45) is 0 Å². The van der Waals surface area contributed by atoms with Gasteiger partial charge in [0.25, 0.3) is 0 Å². The lowest BCUT2D eigenvalue weighted by Gasteiger charge is -2.20. The Balaban J connectivity index is 2.05. The summed E-state index contributed by atoms with van der Waals surface area (Å²) < 4.78 is 37.9. The van der Waals surface area contributed by atoms with Gasteiger partial charge in [-0.25, -0.2) is 4.79 Å². The first-order valence-corrected chi connectivity index (χ1v) is 6.65. The van der Waals surface area contributed by atoms with Gasteiger partial charge >= 0.3 is 12.1 Å². The molecule has 0 aromatic carbocycles. The van der Waals surface area contributed by atoms with E-state index in [0.29, 0.717) is 0 Å². The fourth-order valence-corrected chi connectivity index (χ4v) is 2.90. The number of aliphatic carboxylic acids is 1. The van der Waals surface area contributed by atoms with Gasteiger partial charge in [-0.05, 0) is 6.07 Å². The van der Waals surface area contributed by atoms with Crippen LogP contribution in [0.2, 0.25) is 0 Å². The van der Waals surface area contributed by atoms with Crippen LogP contribution in [0.25, 0.3) is 0 Å². The Labute approximate surface area is 115 Å². The van der Waals surface area contributed by atoms with Crippen LogP contribution in [0.4, 0.5) is 13.2 Å². The highest BCUT2D eigenvalue weighted by Crippen LogP contribution is 2.27. The van der Waals surface area contributed by atoms with Gasteiger partial charge in [-0.3, -0.25) is 9.48 Å². The number of hydrogen-bond acceptors (Lipinski definition) is 4. The lowest BCUT2D eigenvalue weighted by atomic mass is 10.3. The number of hydrogen-bond donors (Lipinski definition) is 1. The van der Waals surface area contributed by atoms with Crippen molar-refractivity contribution in [1.29, 1.82) is 0 Å². The Morgan fingerprint density at radius 1 is 1.50 bits per heavy atom. The predicted octanol–water partition coefficient (Wildman–Crippen LogP) is 0.888. The van der Waals surface area contributed by atoms with Crippen molar-refractivity contribution >= 4 is 23.6 Å². The van der Waals surface area contributed by atoms with Crippen LogP contribution in [0, 0.1) is 0 Å². The lowest BCUT2D eigenvalue weighted by Crippen LogP contribution is -2.43. The SMILES string of the molecule is O=C(O)[C@@H]1CSCN1C(=O)Cn1ccc(C(F)(F)F)n1. The van der Waals surface area contributed by atoms with Crippen LogP contribution in [0.1, 0.15) is 5.69 Å². The highest BCUT2D eigenvalue weighted by Gasteiger charge is 2.36. The molecule has 1 amide bonds. The van der Waals surface area contributed by atoms with Gasteiger partial charge in [0.2, 0.25) is 5.91 Å². The molecule has 1 aliphatic heterocycles. The monoisotopic (exact) mass is 309 g/mol. The second-order valence-corrected chi connectivity index (χ2v) is 5.11. The second-order valence-electron chi connectivity index (χ2n) is 4.11. The maximum absolute atomic E-state index is 12.4. The molecule has 1 atom stereocenters. The summed E-state index contributed by atoms with van der Waals surface area (Å²) in [5.74, 6) is -1.21. The number of halogens is 3. The van der Waals surface area contributed by atoms with Gasteiger partial charge in [0, 0.05) is 11.9 Å². The number of carbonyl (C=O) groups excluding carboxylic acids is 1. The number of carboxylic acids is 1. The van der Waals surface area contributed by atoms with Crippen molar-refractivity contribution in [3.8, 4) is 0 Å². The van der Waals surface area contributed by atoms with Crippen LogP contribution < -0.4 is 0 Å². The van der Waals surface area contributed by atoms with E-state index in [4.69, 9.17) is 5.11 Å². The topological polar surface area (TPSA) is 75.4 Å². The van der Waals surface area contributed by atoms with E-state index in [9.17, 15) is 22.8 Å². The standard InChI is InChI=1S/C10H10F3N3O3S/c11-10(12,13)7-1-2-15(14-7)3-8(17)16-5-20-4-6(16)9(18)19/h1-2,6H,3-5H2,(H,18,19)/t6-/m0/s1. The molecule has 0 unspecified atom stereocenters. The molecule has 10 heteroatoms. The van der Waals surface area contributed by atoms with Crippen molar-refractivity contribution in [2.75, 3.05) is 11.6 Å². The molecule has 0 saturated carbocycles. The van der Waals surface area contributed by atoms with E-state index in [1.807, 2.05) is 0 Å². The molecule has 0 radical (unpaired) electrons. The van der Waals surface area contributed by atoms with Gasteiger partial charge in [-0.1, -0.05) is 0 Å². The highest BCUT2D eigenvalue weighted by molar-refractivity contribution is 7.99. The first kappa shape index (κ1) is 14.7. The van der Waals surface area contributed by atoms with Crippen molar-refractivity contribution in [3.05, 3.63) is 18.0 Å². The van der Waals surface area contributed by atoms with Crippen molar-refractivity contribution < 1.29 is 27.9 Å². The second kappa shape index (κ2) is 5.35. The molecule has 1 aromatic rings. The molecular formula is C10H10F3N3O3S. The third kappa shape index (κ3) is 3.06. The molecule has 0 bridgehead atoms. The van der Waals surface area contributed by atoms with Gasteiger partial charge in [0.15, 0.2) is 5.69 Å². The maximum atomic E-state index is 12.4. The van der Waals surface area contributed by atoms with Crippen LogP contribution in [0.5, 0.6) is 0 Å². The summed E-state index contributed by atoms with van der Waals surface area (Å²) in [5, 5.41) is 12.2. The molecule has 6 nitrogen and oxygen atoms in total. The van der Waals surface area contributed by atoms with E-state index in [1.165, 1.54) is 11.8 Å². The van der Waals surface area contributed by atoms with E-state index < -0.39 is 36.3 Å². The Morgan fingerprint density at radius 3 is 2.75 bits per heavy atom. The zero-order valence-corrected chi connectivity index (χ0v) is 10.8. The summed E-state index contributed by atoms with van der Waals surface area (Å²) in [7, 11) is 0. The molecule has 1 N–H and O–H groups in total. The lowest BCUT2D eigenvalue weighted by molar-refractivity contribution is -0.148. The number of nitrogens with zero attached hydrogens (tertiary/aromatic N) is 3. The Kier molecular flexibility index (Phi) is 3.93. The minimum atomic E-state index is -4.57. The van der Waals surface area contributed by atoms with Gasteiger partial charge in [0.05, 0.1) is 5.88 Å². The van der Waals surface area contributed by atoms with E-state index in [-0.39, 0.29) is 11.6 Å². The normalized spacial score (nSPS) is 19.4. The van der Waals surface area contributed by atoms with Crippen molar-refractivity contribution in [2.45, 2.75) is 18.8 Å². The molecule has 1 aliphatic rings. The molecule has 0 spiro atoms. The van der Waals surface area contributed by atoms with E-state index in [0.717, 1.165) is 21.8 Å². The molecule has 2 rings (SSSR count). The first-order valence-electron chi connectivity index (χ1n) is 5.49. The van der Waals surface area contributed by atoms with Crippen LogP contribution >= 0.6 is 11.8 Å². The summed E-state index contributed by atoms with van der Waals surface area (Å²) in [6.07, 6.45) is -3.53. The molecule has 110 valence electrons. The summed E-state index contributed by atoms with van der Waals surface area (Å²) in [5.41, 5.74) is -1.09. The Bertz CT molecular complexity index is 531. The average molecular weight is 309 g/mol. The zero-order valence-electron chi connectivity index (χ0n) is 10.0. The fraction of sp³-hybridized carbons (Fsp3) is 0.500. The van der Waals surface area contributed by atoms with Gasteiger partial charge < -0.3 is 10.0 Å². The van der Waals surface area contributed by atoms with E-state index in [2.05, 4.69) is 5.10 Å². The highest BCUT2D eigenvalue weighted by atomic mass is 32.2. The number of alkyl halides is 3. The van der Waals surface area contributed by atoms with Crippen LogP contribution in [-0.2, 0) is 22.3 Å². The minimum absolute atomic E-state index is 0.212. The summed E-state index contributed by atoms with van der Waals surface area (Å²) >= 11 is 1.28. The summed E-state index contributed by atoms with van der Waals surface area (Å²) in [4.78, 5) is 23.9. The zero-order chi connectivity index (χ0) is 14.9. The predicted molar refractivity (Wildman–Crippen MR) is 62.8 cm³/mol. The molecular weight excluding hydrogens is 299 g/mol. The number of carbonyl (C=O) groups is 2. The van der Waals surface area contributed by atoms with Crippen molar-refractivity contribution in [3.63, 3.8) is 0 Å². The largest absolute Gasteiger partial charge is 0.480 e. The number of rotatable bonds is 3. The fourth-order valence-electron chi connectivity index (χ4n) is 1.72.